The average molecular weight is 234 g/mol. The van der Waals surface area contributed by atoms with Gasteiger partial charge in [-0.05, 0) is 11.6 Å². The van der Waals surface area contributed by atoms with Gasteiger partial charge in [-0.2, -0.15) is 0 Å². The predicted octanol–water partition coefficient (Wildman–Crippen LogP) is 0.847. The molecule has 0 bridgehead atoms. The Labute approximate surface area is 96.6 Å². The van der Waals surface area contributed by atoms with Crippen LogP contribution in [0.15, 0.2) is 30.5 Å². The lowest BCUT2D eigenvalue weighted by molar-refractivity contribution is -0.149. The van der Waals surface area contributed by atoms with Crippen LogP contribution in [0, 0.1) is 0 Å². The van der Waals surface area contributed by atoms with Crippen molar-refractivity contribution in [3.63, 3.8) is 0 Å². The van der Waals surface area contributed by atoms with Crippen molar-refractivity contribution in [3.8, 4) is 0 Å². The van der Waals surface area contributed by atoms with Gasteiger partial charge >= 0.3 is 12.1 Å². The average Bonchev–Trinajstić information content (AvgIpc) is 2.29. The molecule has 6 nitrogen and oxygen atoms in total. The van der Waals surface area contributed by atoms with E-state index >= 15 is 0 Å². The van der Waals surface area contributed by atoms with Crippen molar-refractivity contribution >= 4 is 18.1 Å². The van der Waals surface area contributed by atoms with Gasteiger partial charge in [0.05, 0.1) is 0 Å². The van der Waals surface area contributed by atoms with Gasteiger partial charge in [-0.1, -0.05) is 24.3 Å². The number of nitrogens with zero attached hydrogens (tertiary/aromatic N) is 1. The first kappa shape index (κ1) is 11.2. The highest BCUT2D eigenvalue weighted by Gasteiger charge is 2.47. The highest BCUT2D eigenvalue weighted by Crippen LogP contribution is 2.32. The number of fused-ring (bicyclic) bond motifs is 1. The Morgan fingerprint density at radius 3 is 2.47 bits per heavy atom. The highest BCUT2D eigenvalue weighted by molar-refractivity contribution is 5.88. The minimum atomic E-state index is -2.09. The van der Waals surface area contributed by atoms with E-state index in [1.54, 1.807) is 18.2 Å². The first-order valence-electron chi connectivity index (χ1n) is 4.80. The van der Waals surface area contributed by atoms with Gasteiger partial charge in [-0.3, -0.25) is 10.6 Å². The summed E-state index contributed by atoms with van der Waals surface area (Å²) in [6, 6.07) is 6.52. The van der Waals surface area contributed by atoms with Gasteiger partial charge in [0.2, 0.25) is 5.66 Å². The lowest BCUT2D eigenvalue weighted by Crippen LogP contribution is -2.59. The largest absolute Gasteiger partial charge is 0.478 e. The maximum absolute atomic E-state index is 11.3. The number of carboxylic acids is 1. The van der Waals surface area contributed by atoms with Gasteiger partial charge in [0.15, 0.2) is 0 Å². The number of carbonyl (C=O) groups is 2. The summed E-state index contributed by atoms with van der Waals surface area (Å²) in [7, 11) is 0. The summed E-state index contributed by atoms with van der Waals surface area (Å²) in [5, 5.41) is 18.2. The molecule has 0 aliphatic carbocycles. The zero-order valence-corrected chi connectivity index (χ0v) is 8.70. The van der Waals surface area contributed by atoms with Gasteiger partial charge in [0, 0.05) is 11.8 Å². The number of hydrogen-bond donors (Lipinski definition) is 3. The van der Waals surface area contributed by atoms with E-state index in [0.29, 0.717) is 10.5 Å². The minimum absolute atomic E-state index is 0.248. The van der Waals surface area contributed by atoms with Crippen molar-refractivity contribution in [2.24, 2.45) is 5.73 Å². The fraction of sp³-hybridized carbons (Fsp3) is 0.0909. The van der Waals surface area contributed by atoms with E-state index in [1.165, 1.54) is 12.1 Å². The Balaban J connectivity index is 2.68. The number of amides is 1. The normalized spacial score (nSPS) is 22.1. The van der Waals surface area contributed by atoms with Crippen molar-refractivity contribution in [2.45, 2.75) is 5.66 Å². The second-order valence-corrected chi connectivity index (χ2v) is 3.63. The third kappa shape index (κ3) is 1.46. The summed E-state index contributed by atoms with van der Waals surface area (Å²) in [5.74, 6) is -1.42. The molecule has 0 saturated carbocycles. The molecule has 88 valence electrons. The highest BCUT2D eigenvalue weighted by atomic mass is 16.4. The number of benzene rings is 1. The molecule has 0 aromatic heterocycles. The zero-order chi connectivity index (χ0) is 12.6. The Morgan fingerprint density at radius 1 is 1.24 bits per heavy atom. The van der Waals surface area contributed by atoms with Gasteiger partial charge in [0.25, 0.3) is 0 Å². The van der Waals surface area contributed by atoms with Crippen LogP contribution in [-0.2, 0) is 10.5 Å². The molecule has 1 heterocycles. The van der Waals surface area contributed by atoms with E-state index in [-0.39, 0.29) is 5.56 Å². The summed E-state index contributed by atoms with van der Waals surface area (Å²) in [5.41, 5.74) is 4.51. The number of hydrogen-bond acceptors (Lipinski definition) is 3. The maximum Gasteiger partial charge on any atom is 0.413 e. The van der Waals surface area contributed by atoms with E-state index < -0.39 is 17.7 Å². The first-order valence-corrected chi connectivity index (χ1v) is 4.80. The number of carboxylic acid groups (broad SMARTS) is 2. The van der Waals surface area contributed by atoms with Crippen molar-refractivity contribution in [2.75, 3.05) is 0 Å². The SMILES string of the molecule is NC1(C(=O)O)c2ccccc2C=CN1C(=O)O. The summed E-state index contributed by atoms with van der Waals surface area (Å²) in [6.07, 6.45) is 1.25. The Bertz CT molecular complexity index is 526. The Morgan fingerprint density at radius 2 is 1.88 bits per heavy atom. The van der Waals surface area contributed by atoms with E-state index in [0.717, 1.165) is 6.20 Å². The number of aliphatic carboxylic acids is 1. The van der Waals surface area contributed by atoms with Crippen molar-refractivity contribution in [3.05, 3.63) is 41.6 Å². The molecule has 1 unspecified atom stereocenters. The van der Waals surface area contributed by atoms with Crippen LogP contribution in [0.3, 0.4) is 0 Å². The monoisotopic (exact) mass is 234 g/mol. The van der Waals surface area contributed by atoms with Crippen LogP contribution >= 0.6 is 0 Å². The van der Waals surface area contributed by atoms with E-state index in [1.807, 2.05) is 0 Å². The first-order chi connectivity index (χ1) is 7.98. The fourth-order valence-corrected chi connectivity index (χ4v) is 1.82. The molecule has 17 heavy (non-hydrogen) atoms. The Hall–Kier alpha value is -2.34. The van der Waals surface area contributed by atoms with Crippen molar-refractivity contribution in [1.82, 2.24) is 4.90 Å². The second kappa shape index (κ2) is 3.60. The molecule has 1 aliphatic heterocycles. The van der Waals surface area contributed by atoms with Crippen LogP contribution < -0.4 is 5.73 Å². The molecule has 1 aromatic rings. The predicted molar refractivity (Wildman–Crippen MR) is 58.8 cm³/mol. The molecule has 0 saturated heterocycles. The standard InChI is InChI=1S/C11H10N2O4/c12-11(9(14)15)8-4-2-1-3-7(8)5-6-13(11)10(16)17/h1-6H,12H2,(H,14,15)(H,16,17). The zero-order valence-electron chi connectivity index (χ0n) is 8.70. The smallest absolute Gasteiger partial charge is 0.413 e. The lowest BCUT2D eigenvalue weighted by atomic mass is 9.91. The van der Waals surface area contributed by atoms with Crippen molar-refractivity contribution < 1.29 is 19.8 Å². The summed E-state index contributed by atoms with van der Waals surface area (Å²) >= 11 is 0. The lowest BCUT2D eigenvalue weighted by Gasteiger charge is -2.36. The van der Waals surface area contributed by atoms with Crippen LogP contribution in [0.25, 0.3) is 6.08 Å². The third-order valence-electron chi connectivity index (χ3n) is 2.69. The topological polar surface area (TPSA) is 104 Å². The molecule has 4 N–H and O–H groups in total. The molecule has 2 rings (SSSR count). The van der Waals surface area contributed by atoms with Crippen LogP contribution in [0.4, 0.5) is 4.79 Å². The molecule has 0 radical (unpaired) electrons. The summed E-state index contributed by atoms with van der Waals surface area (Å²) in [4.78, 5) is 22.9. The molecule has 0 spiro atoms. The molecule has 1 aliphatic rings. The quantitative estimate of drug-likeness (QED) is 0.668. The van der Waals surface area contributed by atoms with E-state index in [9.17, 15) is 14.7 Å². The van der Waals surface area contributed by atoms with Crippen LogP contribution in [-0.4, -0.2) is 27.2 Å². The number of rotatable bonds is 1. The van der Waals surface area contributed by atoms with Gasteiger partial charge in [-0.15, -0.1) is 0 Å². The molecular formula is C11H10N2O4. The van der Waals surface area contributed by atoms with E-state index in [4.69, 9.17) is 10.8 Å². The van der Waals surface area contributed by atoms with Crippen LogP contribution in [0.5, 0.6) is 0 Å². The molecule has 0 fully saturated rings. The van der Waals surface area contributed by atoms with Crippen molar-refractivity contribution in [1.29, 1.82) is 0 Å². The third-order valence-corrected chi connectivity index (χ3v) is 2.69. The van der Waals surface area contributed by atoms with Gasteiger partial charge in [0.1, 0.15) is 0 Å². The molecule has 6 heteroatoms. The second-order valence-electron chi connectivity index (χ2n) is 3.63. The van der Waals surface area contributed by atoms with Crippen LogP contribution in [0.1, 0.15) is 11.1 Å². The van der Waals surface area contributed by atoms with Gasteiger partial charge < -0.3 is 10.2 Å². The minimum Gasteiger partial charge on any atom is -0.478 e. The maximum atomic E-state index is 11.3. The molecule has 1 atom stereocenters. The summed E-state index contributed by atoms with van der Waals surface area (Å²) in [6.45, 7) is 0. The van der Waals surface area contributed by atoms with Gasteiger partial charge in [-0.25, -0.2) is 9.59 Å². The molecule has 1 aromatic carbocycles. The Kier molecular flexibility index (Phi) is 2.36. The number of nitrogens with two attached hydrogens (primary N) is 1. The molecule has 1 amide bonds. The van der Waals surface area contributed by atoms with E-state index in [2.05, 4.69) is 0 Å². The molecular weight excluding hydrogens is 224 g/mol. The fourth-order valence-electron chi connectivity index (χ4n) is 1.82. The summed E-state index contributed by atoms with van der Waals surface area (Å²) < 4.78 is 0. The van der Waals surface area contributed by atoms with Crippen LogP contribution in [0.2, 0.25) is 0 Å².